The summed E-state index contributed by atoms with van der Waals surface area (Å²) in [4.78, 5) is 2.24. The first-order chi connectivity index (χ1) is 19.4. The fraction of sp³-hybridized carbons (Fsp3) is 0.464. The van der Waals surface area contributed by atoms with Gasteiger partial charge in [-0.15, -0.1) is 5.10 Å². The molecule has 1 N–H and O–H groups in total. The summed E-state index contributed by atoms with van der Waals surface area (Å²) in [5.41, 5.74) is 6.65. The zero-order chi connectivity index (χ0) is 29.5. The van der Waals surface area contributed by atoms with Crippen LogP contribution >= 0.6 is 28.4 Å². The molecule has 1 aliphatic rings. The van der Waals surface area contributed by atoms with Crippen LogP contribution in [0.2, 0.25) is 0 Å². The highest BCUT2D eigenvalue weighted by Gasteiger charge is 2.50. The zero-order valence-corrected chi connectivity index (χ0v) is 28.1. The van der Waals surface area contributed by atoms with Gasteiger partial charge in [-0.3, -0.25) is 14.7 Å². The molecule has 41 heavy (non-hydrogen) atoms. The average molecular weight is 689 g/mol. The van der Waals surface area contributed by atoms with Crippen molar-refractivity contribution in [2.75, 3.05) is 20.2 Å². The number of aromatic amines is 1. The van der Waals surface area contributed by atoms with Gasteiger partial charge < -0.3 is 14.0 Å². The van der Waals surface area contributed by atoms with E-state index in [1.807, 2.05) is 48.3 Å². The summed E-state index contributed by atoms with van der Waals surface area (Å²) in [6, 6.07) is 6.52. The third-order valence-electron chi connectivity index (χ3n) is 8.18. The van der Waals surface area contributed by atoms with Crippen molar-refractivity contribution in [3.05, 3.63) is 53.0 Å². The van der Waals surface area contributed by atoms with Crippen LogP contribution in [0.15, 0.2) is 30.4 Å². The van der Waals surface area contributed by atoms with E-state index in [2.05, 4.69) is 95.2 Å². The average Bonchev–Trinajstić information content (AvgIpc) is 3.61. The molecule has 0 amide bonds. The Morgan fingerprint density at radius 2 is 1.93 bits per heavy atom. The molecule has 0 saturated carbocycles. The van der Waals surface area contributed by atoms with Crippen molar-refractivity contribution in [3.8, 4) is 17.0 Å². The molecule has 0 spiro atoms. The summed E-state index contributed by atoms with van der Waals surface area (Å²) in [5.74, 6) is 2.63. The van der Waals surface area contributed by atoms with Crippen LogP contribution in [0.3, 0.4) is 0 Å². The third-order valence-corrected chi connectivity index (χ3v) is 10.1. The predicted octanol–water partition coefficient (Wildman–Crippen LogP) is 5.72. The van der Waals surface area contributed by atoms with Crippen molar-refractivity contribution in [3.63, 3.8) is 0 Å². The lowest BCUT2D eigenvalue weighted by atomic mass is 9.89. The number of hydrogen-bond donors (Lipinski definition) is 1. The molecule has 1 unspecified atom stereocenters. The van der Waals surface area contributed by atoms with Gasteiger partial charge in [0.15, 0.2) is 0 Å². The number of halogens is 1. The van der Waals surface area contributed by atoms with Gasteiger partial charge in [-0.25, -0.2) is 4.45 Å². The van der Waals surface area contributed by atoms with Gasteiger partial charge in [0.05, 0.1) is 40.7 Å². The van der Waals surface area contributed by atoms with Gasteiger partial charge >= 0.3 is 7.12 Å². The van der Waals surface area contributed by atoms with Crippen molar-refractivity contribution >= 4 is 52.5 Å². The summed E-state index contributed by atoms with van der Waals surface area (Å²) in [6.45, 7) is 14.3. The van der Waals surface area contributed by atoms with Crippen LogP contribution in [0.5, 0.6) is 5.88 Å². The topological polar surface area (TPSA) is 95.2 Å². The van der Waals surface area contributed by atoms with Gasteiger partial charge in [0.25, 0.3) is 0 Å². The Morgan fingerprint density at radius 1 is 1.20 bits per heavy atom. The first kappa shape index (κ1) is 30.2. The number of likely N-dealkylation sites (N-methyl/N-ethyl adjacent to an activating group) is 1. The molecule has 4 aromatic rings. The van der Waals surface area contributed by atoms with Gasteiger partial charge in [0, 0.05) is 42.3 Å². The highest BCUT2D eigenvalue weighted by atomic mass is 127. The zero-order valence-electron chi connectivity index (χ0n) is 24.9. The first-order valence-electron chi connectivity index (χ1n) is 13.7. The van der Waals surface area contributed by atoms with Gasteiger partial charge in [-0.05, 0) is 94.4 Å². The number of fused-ring (bicyclic) bond motifs is 1. The molecule has 218 valence electrons. The lowest BCUT2D eigenvalue weighted by Gasteiger charge is -2.32. The van der Waals surface area contributed by atoms with Gasteiger partial charge in [0.2, 0.25) is 5.88 Å². The lowest BCUT2D eigenvalue weighted by Crippen LogP contribution is -2.41. The van der Waals surface area contributed by atoms with Crippen LogP contribution in [-0.2, 0) is 22.9 Å². The molecule has 3 aromatic heterocycles. The fourth-order valence-electron chi connectivity index (χ4n) is 4.76. The Kier molecular flexibility index (Phi) is 8.69. The molecule has 0 aliphatic carbocycles. The molecule has 5 rings (SSSR count). The summed E-state index contributed by atoms with van der Waals surface area (Å²) in [6.07, 6.45) is 4.45. The van der Waals surface area contributed by atoms with E-state index in [4.69, 9.17) is 19.1 Å². The summed E-state index contributed by atoms with van der Waals surface area (Å²) >= 11 is 2.37. The van der Waals surface area contributed by atoms with Crippen molar-refractivity contribution in [1.82, 2.24) is 34.4 Å². The molecule has 1 aromatic carbocycles. The van der Waals surface area contributed by atoms with Crippen molar-refractivity contribution in [1.29, 1.82) is 0 Å². The first-order valence-corrected chi connectivity index (χ1v) is 17.7. The molecule has 1 atom stereocenters. The van der Waals surface area contributed by atoms with E-state index >= 15 is 0 Å². The van der Waals surface area contributed by atoms with Gasteiger partial charge in [-0.2, -0.15) is 10.2 Å². The van der Waals surface area contributed by atoms with E-state index in [-0.39, 0.29) is 11.2 Å². The van der Waals surface area contributed by atoms with Crippen LogP contribution in [0, 0.1) is 13.8 Å². The van der Waals surface area contributed by atoms with Crippen LogP contribution in [0.1, 0.15) is 50.3 Å². The molecule has 1 aliphatic heterocycles. The minimum Gasteiger partial charge on any atom is -0.475 e. The number of H-pyrrole nitrogens is 1. The number of aryl methyl sites for hydroxylation is 2. The molecule has 1 saturated heterocycles. The van der Waals surface area contributed by atoms with Crippen molar-refractivity contribution in [2.24, 2.45) is 7.05 Å². The molecular formula is C28H38BIN7O3P. The quantitative estimate of drug-likeness (QED) is 0.129. The third kappa shape index (κ3) is 6.13. The van der Waals surface area contributed by atoms with E-state index in [1.54, 1.807) is 0 Å². The standard InChI is InChI=1S/C28H38BIN7O3P/c1-18-19(2)32-33-26(18)38-14-13-35(7)17-25-22(16-31-36(25)8)20-9-10-24-21(15-20)23(34-37(24)41-30)11-12-29-39-27(3,4)28(5,6)40-29/h9-12,15-16,41H,13-14,17H2,1-8H3,(H,32,33)/b12-11+. The maximum atomic E-state index is 6.17. The number of benzene rings is 1. The molecule has 10 nitrogen and oxygen atoms in total. The molecule has 0 radical (unpaired) electrons. The van der Waals surface area contributed by atoms with E-state index in [1.165, 1.54) is 0 Å². The summed E-state index contributed by atoms with van der Waals surface area (Å²) in [5, 5.41) is 17.8. The lowest BCUT2D eigenvalue weighted by molar-refractivity contribution is 0.00578. The molecule has 0 bridgehead atoms. The summed E-state index contributed by atoms with van der Waals surface area (Å²) < 4.78 is 22.2. The smallest absolute Gasteiger partial charge is 0.475 e. The number of rotatable bonds is 10. The van der Waals surface area contributed by atoms with E-state index in [0.29, 0.717) is 18.9 Å². The SMILES string of the molecule is Cc1[nH]nc(OCCN(C)Cc2c(-c3ccc4c(c3)c(/C=C/B3OC(C)(C)C(C)(C)O3)nn4PI)cnn2C)c1C. The van der Waals surface area contributed by atoms with E-state index in [0.717, 1.165) is 57.8 Å². The number of ether oxygens (including phenoxy) is 1. The van der Waals surface area contributed by atoms with Crippen molar-refractivity contribution in [2.45, 2.75) is 59.3 Å². The predicted molar refractivity (Wildman–Crippen MR) is 175 cm³/mol. The summed E-state index contributed by atoms with van der Waals surface area (Å²) in [7, 11) is 3.66. The molecule has 4 heterocycles. The molecule has 13 heteroatoms. The Balaban J connectivity index is 1.35. The Hall–Kier alpha value is -2.25. The highest BCUT2D eigenvalue weighted by Crippen LogP contribution is 2.38. The minimum atomic E-state index is -0.421. The van der Waals surface area contributed by atoms with Crippen LogP contribution < -0.4 is 4.74 Å². The van der Waals surface area contributed by atoms with Crippen LogP contribution in [0.25, 0.3) is 28.1 Å². The number of nitrogens with zero attached hydrogens (tertiary/aromatic N) is 6. The number of nitrogens with one attached hydrogen (secondary N) is 1. The number of aromatic nitrogens is 6. The fourth-order valence-corrected chi connectivity index (χ4v) is 6.30. The maximum absolute atomic E-state index is 6.17. The minimum absolute atomic E-state index is 0.382. The second kappa shape index (κ2) is 11.8. The normalized spacial score (nSPS) is 16.9. The Bertz CT molecular complexity index is 1560. The van der Waals surface area contributed by atoms with Gasteiger partial charge in [0.1, 0.15) is 6.61 Å². The maximum Gasteiger partial charge on any atom is 0.487 e. The van der Waals surface area contributed by atoms with Gasteiger partial charge in [-0.1, -0.05) is 12.0 Å². The van der Waals surface area contributed by atoms with Crippen LogP contribution in [0.4, 0.5) is 0 Å². The molecular weight excluding hydrogens is 651 g/mol. The monoisotopic (exact) mass is 689 g/mol. The highest BCUT2D eigenvalue weighted by molar-refractivity contribution is 14.2. The Labute approximate surface area is 256 Å². The van der Waals surface area contributed by atoms with E-state index in [9.17, 15) is 0 Å². The molecule has 1 fully saturated rings. The van der Waals surface area contributed by atoms with E-state index < -0.39 is 7.12 Å². The van der Waals surface area contributed by atoms with Crippen LogP contribution in [-0.4, -0.2) is 72.9 Å². The van der Waals surface area contributed by atoms with Crippen molar-refractivity contribution < 1.29 is 14.0 Å². The largest absolute Gasteiger partial charge is 0.487 e. The second-order valence-corrected chi connectivity index (χ2v) is 13.6. The second-order valence-electron chi connectivity index (χ2n) is 11.6. The Morgan fingerprint density at radius 3 is 2.59 bits per heavy atom. The number of hydrogen-bond acceptors (Lipinski definition) is 7.